The lowest BCUT2D eigenvalue weighted by molar-refractivity contribution is 0.237. The van der Waals surface area contributed by atoms with Gasteiger partial charge in [-0.25, -0.2) is 14.8 Å². The van der Waals surface area contributed by atoms with Gasteiger partial charge in [0.05, 0.1) is 0 Å². The molecule has 2 amide bonds. The fraction of sp³-hybridized carbons (Fsp3) is 0.632. The number of amides is 2. The summed E-state index contributed by atoms with van der Waals surface area (Å²) >= 11 is 0. The fourth-order valence-corrected chi connectivity index (χ4v) is 4.29. The molecule has 25 heavy (non-hydrogen) atoms. The second-order valence-corrected chi connectivity index (χ2v) is 7.31. The van der Waals surface area contributed by atoms with Crippen molar-refractivity contribution in [3.8, 4) is 0 Å². The molecule has 0 atom stereocenters. The lowest BCUT2D eigenvalue weighted by Crippen LogP contribution is -2.41. The highest BCUT2D eigenvalue weighted by Gasteiger charge is 2.23. The molecule has 2 aliphatic carbocycles. The number of rotatable bonds is 5. The molecule has 0 spiro atoms. The van der Waals surface area contributed by atoms with E-state index in [-0.39, 0.29) is 6.03 Å². The van der Waals surface area contributed by atoms with Crippen molar-refractivity contribution in [1.82, 2.24) is 25.2 Å². The minimum Gasteiger partial charge on any atom is -0.338 e. The number of carbonyl (C=O) groups excluding carboxylic acids is 1. The van der Waals surface area contributed by atoms with Crippen molar-refractivity contribution < 1.29 is 4.79 Å². The molecule has 6 heteroatoms. The highest BCUT2D eigenvalue weighted by Crippen LogP contribution is 2.33. The van der Waals surface area contributed by atoms with Crippen molar-refractivity contribution in [2.75, 3.05) is 6.54 Å². The standard InChI is InChI=1S/C19H27N5O/c25-19(22-14-6-1-2-7-14)21-13-11-17-23-16-10-5-12-20-18(16)24(17)15-8-3-4-9-15/h5,10,12,14-15H,1-4,6-9,11,13H2,(H2,21,22,25). The average molecular weight is 341 g/mol. The summed E-state index contributed by atoms with van der Waals surface area (Å²) in [7, 11) is 0. The zero-order valence-corrected chi connectivity index (χ0v) is 14.7. The van der Waals surface area contributed by atoms with Gasteiger partial charge in [0.15, 0.2) is 5.65 Å². The quantitative estimate of drug-likeness (QED) is 0.876. The molecule has 6 nitrogen and oxygen atoms in total. The van der Waals surface area contributed by atoms with Gasteiger partial charge in [-0.1, -0.05) is 25.7 Å². The molecule has 0 unspecified atom stereocenters. The summed E-state index contributed by atoms with van der Waals surface area (Å²) in [6.07, 6.45) is 12.2. The number of carbonyl (C=O) groups is 1. The third-order valence-corrected chi connectivity index (χ3v) is 5.54. The Morgan fingerprint density at radius 2 is 1.92 bits per heavy atom. The van der Waals surface area contributed by atoms with E-state index in [1.165, 1.54) is 38.5 Å². The Labute approximate surface area is 148 Å². The van der Waals surface area contributed by atoms with E-state index >= 15 is 0 Å². The lowest BCUT2D eigenvalue weighted by Gasteiger charge is -2.16. The van der Waals surface area contributed by atoms with Crippen LogP contribution in [0, 0.1) is 0 Å². The highest BCUT2D eigenvalue weighted by molar-refractivity contribution is 5.74. The zero-order chi connectivity index (χ0) is 17.1. The molecule has 0 bridgehead atoms. The Hall–Kier alpha value is -2.11. The third kappa shape index (κ3) is 3.62. The molecule has 4 rings (SSSR count). The molecule has 0 aromatic carbocycles. The maximum absolute atomic E-state index is 12.0. The summed E-state index contributed by atoms with van der Waals surface area (Å²) in [5.41, 5.74) is 1.94. The van der Waals surface area contributed by atoms with Crippen LogP contribution in [0.1, 0.15) is 63.2 Å². The number of imidazole rings is 1. The van der Waals surface area contributed by atoms with Crippen LogP contribution in [0.15, 0.2) is 18.3 Å². The van der Waals surface area contributed by atoms with Gasteiger partial charge in [0, 0.05) is 31.2 Å². The Bertz CT molecular complexity index is 728. The van der Waals surface area contributed by atoms with Gasteiger partial charge in [0.2, 0.25) is 0 Å². The number of fused-ring (bicyclic) bond motifs is 1. The summed E-state index contributed by atoms with van der Waals surface area (Å²) in [4.78, 5) is 21.4. The molecule has 0 aliphatic heterocycles. The Morgan fingerprint density at radius 1 is 1.16 bits per heavy atom. The van der Waals surface area contributed by atoms with E-state index in [0.717, 1.165) is 36.3 Å². The molecule has 2 aliphatic rings. The van der Waals surface area contributed by atoms with Crippen LogP contribution in [0.4, 0.5) is 4.79 Å². The average Bonchev–Trinajstić information content (AvgIpc) is 3.34. The van der Waals surface area contributed by atoms with Crippen LogP contribution in [0.5, 0.6) is 0 Å². The van der Waals surface area contributed by atoms with E-state index in [2.05, 4.69) is 20.2 Å². The number of hydrogen-bond acceptors (Lipinski definition) is 3. The van der Waals surface area contributed by atoms with E-state index in [1.54, 1.807) is 0 Å². The number of pyridine rings is 1. The van der Waals surface area contributed by atoms with E-state index < -0.39 is 0 Å². The molecule has 2 fully saturated rings. The first-order valence-electron chi connectivity index (χ1n) is 9.67. The van der Waals surface area contributed by atoms with E-state index in [1.807, 2.05) is 18.3 Å². The summed E-state index contributed by atoms with van der Waals surface area (Å²) in [6, 6.07) is 4.77. The minimum absolute atomic E-state index is 0.0476. The second-order valence-electron chi connectivity index (χ2n) is 7.31. The van der Waals surface area contributed by atoms with Crippen LogP contribution in [-0.4, -0.2) is 33.2 Å². The Morgan fingerprint density at radius 3 is 2.72 bits per heavy atom. The van der Waals surface area contributed by atoms with Crippen molar-refractivity contribution in [3.63, 3.8) is 0 Å². The van der Waals surface area contributed by atoms with Gasteiger partial charge in [0.1, 0.15) is 11.3 Å². The zero-order valence-electron chi connectivity index (χ0n) is 14.7. The smallest absolute Gasteiger partial charge is 0.315 e. The van der Waals surface area contributed by atoms with Crippen LogP contribution in [0.25, 0.3) is 11.2 Å². The van der Waals surface area contributed by atoms with Crippen molar-refractivity contribution in [2.45, 2.75) is 69.9 Å². The molecule has 134 valence electrons. The maximum atomic E-state index is 12.0. The highest BCUT2D eigenvalue weighted by atomic mass is 16.2. The molecular formula is C19H27N5O. The number of aromatic nitrogens is 3. The summed E-state index contributed by atoms with van der Waals surface area (Å²) < 4.78 is 2.32. The Balaban J connectivity index is 1.42. The number of hydrogen-bond donors (Lipinski definition) is 2. The van der Waals surface area contributed by atoms with Gasteiger partial charge in [-0.15, -0.1) is 0 Å². The minimum atomic E-state index is -0.0476. The predicted octanol–water partition coefficient (Wildman–Crippen LogP) is 3.33. The van der Waals surface area contributed by atoms with Gasteiger partial charge in [-0.2, -0.15) is 0 Å². The summed E-state index contributed by atoms with van der Waals surface area (Å²) in [5.74, 6) is 1.04. The predicted molar refractivity (Wildman–Crippen MR) is 97.5 cm³/mol. The molecule has 2 aromatic rings. The van der Waals surface area contributed by atoms with Crippen molar-refractivity contribution in [3.05, 3.63) is 24.2 Å². The van der Waals surface area contributed by atoms with Gasteiger partial charge >= 0.3 is 6.03 Å². The topological polar surface area (TPSA) is 71.8 Å². The van der Waals surface area contributed by atoms with Crippen LogP contribution in [-0.2, 0) is 6.42 Å². The normalized spacial score (nSPS) is 18.9. The maximum Gasteiger partial charge on any atom is 0.315 e. The number of nitrogens with zero attached hydrogens (tertiary/aromatic N) is 3. The first-order chi connectivity index (χ1) is 12.3. The molecule has 2 saturated carbocycles. The van der Waals surface area contributed by atoms with Crippen LogP contribution in [0.3, 0.4) is 0 Å². The van der Waals surface area contributed by atoms with Crippen LogP contribution in [0.2, 0.25) is 0 Å². The Kier molecular flexibility index (Phi) is 4.85. The largest absolute Gasteiger partial charge is 0.338 e. The van der Waals surface area contributed by atoms with Crippen LogP contribution < -0.4 is 10.6 Å². The third-order valence-electron chi connectivity index (χ3n) is 5.54. The molecule has 2 aromatic heterocycles. The fourth-order valence-electron chi connectivity index (χ4n) is 4.29. The second kappa shape index (κ2) is 7.42. The molecule has 0 radical (unpaired) electrons. The summed E-state index contributed by atoms with van der Waals surface area (Å²) in [6.45, 7) is 0.606. The summed E-state index contributed by atoms with van der Waals surface area (Å²) in [5, 5.41) is 6.07. The van der Waals surface area contributed by atoms with E-state index in [9.17, 15) is 4.79 Å². The monoisotopic (exact) mass is 341 g/mol. The van der Waals surface area contributed by atoms with Gasteiger partial charge in [0.25, 0.3) is 0 Å². The number of nitrogens with one attached hydrogen (secondary N) is 2. The molecular weight excluding hydrogens is 314 g/mol. The van der Waals surface area contributed by atoms with Gasteiger partial charge in [-0.3, -0.25) is 0 Å². The van der Waals surface area contributed by atoms with Crippen molar-refractivity contribution >= 4 is 17.2 Å². The molecule has 0 saturated heterocycles. The van der Waals surface area contributed by atoms with E-state index in [0.29, 0.717) is 18.6 Å². The lowest BCUT2D eigenvalue weighted by atomic mass is 10.2. The van der Waals surface area contributed by atoms with Gasteiger partial charge < -0.3 is 15.2 Å². The van der Waals surface area contributed by atoms with Crippen molar-refractivity contribution in [1.29, 1.82) is 0 Å². The first kappa shape index (κ1) is 16.4. The molecule has 2 heterocycles. The first-order valence-corrected chi connectivity index (χ1v) is 9.67. The van der Waals surface area contributed by atoms with Gasteiger partial charge in [-0.05, 0) is 37.8 Å². The van der Waals surface area contributed by atoms with Crippen molar-refractivity contribution in [2.24, 2.45) is 0 Å². The van der Waals surface area contributed by atoms with E-state index in [4.69, 9.17) is 4.98 Å². The SMILES string of the molecule is O=C(NCCc1nc2cccnc2n1C1CCCC1)NC1CCCC1. The number of urea groups is 1. The van der Waals surface area contributed by atoms with Crippen LogP contribution >= 0.6 is 0 Å². The molecule has 2 N–H and O–H groups in total.